The van der Waals surface area contributed by atoms with Crippen molar-refractivity contribution < 1.29 is 9.59 Å². The van der Waals surface area contributed by atoms with Crippen LogP contribution in [0.1, 0.15) is 78.9 Å². The second-order valence-corrected chi connectivity index (χ2v) is 10.9. The van der Waals surface area contributed by atoms with Crippen molar-refractivity contribution in [2.75, 3.05) is 16.3 Å². The first kappa shape index (κ1) is 26.9. The Morgan fingerprint density at radius 3 is 2.11 bits per heavy atom. The van der Waals surface area contributed by atoms with E-state index >= 15 is 0 Å². The van der Waals surface area contributed by atoms with E-state index in [1.807, 2.05) is 85.5 Å². The van der Waals surface area contributed by atoms with Crippen LogP contribution in [0.5, 0.6) is 0 Å². The summed E-state index contributed by atoms with van der Waals surface area (Å²) in [7, 11) is 0. The van der Waals surface area contributed by atoms with Gasteiger partial charge in [-0.05, 0) is 86.2 Å². The van der Waals surface area contributed by atoms with Gasteiger partial charge in [0.15, 0.2) is 0 Å². The van der Waals surface area contributed by atoms with Crippen LogP contribution >= 0.6 is 11.6 Å². The van der Waals surface area contributed by atoms with Gasteiger partial charge < -0.3 is 4.90 Å². The number of halogens is 1. The molecule has 3 aromatic carbocycles. The van der Waals surface area contributed by atoms with Crippen LogP contribution in [0.15, 0.2) is 66.7 Å². The minimum absolute atomic E-state index is 0.0354. The van der Waals surface area contributed by atoms with E-state index < -0.39 is 0 Å². The number of hydrogen-bond acceptors (Lipinski definition) is 2. The molecule has 0 heterocycles. The molecule has 37 heavy (non-hydrogen) atoms. The minimum atomic E-state index is -0.161. The first-order valence-electron chi connectivity index (χ1n) is 13.3. The number of aryl methyl sites for hydroxylation is 2. The molecule has 0 atom stereocenters. The molecule has 0 aliphatic heterocycles. The van der Waals surface area contributed by atoms with Crippen LogP contribution < -0.4 is 9.80 Å². The van der Waals surface area contributed by atoms with E-state index in [0.717, 1.165) is 48.2 Å². The van der Waals surface area contributed by atoms with E-state index in [2.05, 4.69) is 13.8 Å². The molecule has 194 valence electrons. The van der Waals surface area contributed by atoms with Crippen LogP contribution in [0.4, 0.5) is 11.4 Å². The monoisotopic (exact) mass is 516 g/mol. The summed E-state index contributed by atoms with van der Waals surface area (Å²) < 4.78 is 0. The number of amides is 2. The average molecular weight is 517 g/mol. The lowest BCUT2D eigenvalue weighted by molar-refractivity contribution is -0.117. The van der Waals surface area contributed by atoms with E-state index in [0.29, 0.717) is 16.5 Å². The van der Waals surface area contributed by atoms with Crippen molar-refractivity contribution >= 4 is 34.8 Å². The Balaban J connectivity index is 1.72. The molecule has 0 spiro atoms. The Labute approximate surface area is 226 Å². The molecule has 1 aliphatic rings. The Hall–Kier alpha value is -3.11. The number of benzene rings is 3. The number of carbonyl (C=O) groups excluding carboxylic acids is 2. The largest absolute Gasteiger partial charge is 0.308 e. The fraction of sp³-hybridized carbons (Fsp3) is 0.375. The summed E-state index contributed by atoms with van der Waals surface area (Å²) in [6, 6.07) is 21.5. The van der Waals surface area contributed by atoms with Gasteiger partial charge in [0, 0.05) is 28.0 Å². The highest BCUT2D eigenvalue weighted by Crippen LogP contribution is 2.30. The maximum atomic E-state index is 14.1. The Bertz CT molecular complexity index is 1230. The van der Waals surface area contributed by atoms with Crippen molar-refractivity contribution in [2.45, 2.75) is 71.8 Å². The molecule has 5 heteroatoms. The quantitative estimate of drug-likeness (QED) is 0.318. The van der Waals surface area contributed by atoms with Crippen LogP contribution in [0, 0.1) is 13.8 Å². The highest BCUT2D eigenvalue weighted by Gasteiger charge is 2.30. The number of hydrogen-bond donors (Lipinski definition) is 0. The number of carbonyl (C=O) groups is 2. The third-order valence-corrected chi connectivity index (χ3v) is 7.60. The summed E-state index contributed by atoms with van der Waals surface area (Å²) >= 11 is 6.16. The fourth-order valence-electron chi connectivity index (χ4n) is 5.14. The zero-order valence-electron chi connectivity index (χ0n) is 22.3. The van der Waals surface area contributed by atoms with Gasteiger partial charge in [-0.25, -0.2) is 0 Å². The predicted octanol–water partition coefficient (Wildman–Crippen LogP) is 8.09. The molecule has 2 amide bonds. The van der Waals surface area contributed by atoms with Gasteiger partial charge >= 0.3 is 0 Å². The molecule has 4 rings (SSSR count). The fourth-order valence-corrected chi connectivity index (χ4v) is 5.27. The maximum Gasteiger partial charge on any atom is 0.259 e. The first-order chi connectivity index (χ1) is 17.7. The zero-order valence-corrected chi connectivity index (χ0v) is 23.1. The average Bonchev–Trinajstić information content (AvgIpc) is 2.90. The summed E-state index contributed by atoms with van der Waals surface area (Å²) in [5.41, 5.74) is 5.28. The van der Waals surface area contributed by atoms with Crippen molar-refractivity contribution in [3.8, 4) is 0 Å². The van der Waals surface area contributed by atoms with Gasteiger partial charge in [0.2, 0.25) is 5.91 Å². The Morgan fingerprint density at radius 1 is 0.865 bits per heavy atom. The predicted molar refractivity (Wildman–Crippen MR) is 154 cm³/mol. The molecule has 3 aromatic rings. The van der Waals surface area contributed by atoms with Crippen LogP contribution in [0.3, 0.4) is 0 Å². The maximum absolute atomic E-state index is 14.1. The smallest absolute Gasteiger partial charge is 0.259 e. The first-order valence-corrected chi connectivity index (χ1v) is 13.7. The standard InChI is InChI=1S/C32H37ClN2O2/c1-22(2)25-12-16-27(17-13-25)34(32(37)30-20-23(3)10-11-24(30)4)21-31(36)35(28-8-6-5-7-9-28)29-18-14-26(33)15-19-29/h10-20,22,28H,5-9,21H2,1-4H3. The van der Waals surface area contributed by atoms with Gasteiger partial charge in [-0.2, -0.15) is 0 Å². The number of nitrogens with zero attached hydrogens (tertiary/aromatic N) is 2. The molecule has 0 saturated heterocycles. The summed E-state index contributed by atoms with van der Waals surface area (Å²) in [4.78, 5) is 31.6. The minimum Gasteiger partial charge on any atom is -0.308 e. The van der Waals surface area contributed by atoms with E-state index in [4.69, 9.17) is 11.6 Å². The SMILES string of the molecule is Cc1ccc(C)c(C(=O)N(CC(=O)N(c2ccc(Cl)cc2)C2CCCCC2)c2ccc(C(C)C)cc2)c1. The summed E-state index contributed by atoms with van der Waals surface area (Å²) in [5, 5.41) is 0.636. The second-order valence-electron chi connectivity index (χ2n) is 10.5. The summed E-state index contributed by atoms with van der Waals surface area (Å²) in [5.74, 6) is 0.137. The van der Waals surface area contributed by atoms with E-state index in [-0.39, 0.29) is 24.4 Å². The summed E-state index contributed by atoms with van der Waals surface area (Å²) in [6.07, 6.45) is 5.32. The Kier molecular flexibility index (Phi) is 8.71. The van der Waals surface area contributed by atoms with E-state index in [1.165, 1.54) is 12.0 Å². The van der Waals surface area contributed by atoms with Crippen molar-refractivity contribution in [3.05, 3.63) is 94.0 Å². The van der Waals surface area contributed by atoms with E-state index in [1.54, 1.807) is 4.90 Å². The lowest BCUT2D eigenvalue weighted by atomic mass is 9.93. The number of rotatable bonds is 7. The lowest BCUT2D eigenvalue weighted by Crippen LogP contribution is -2.48. The lowest BCUT2D eigenvalue weighted by Gasteiger charge is -2.36. The molecule has 0 unspecified atom stereocenters. The third kappa shape index (κ3) is 6.42. The molecule has 0 bridgehead atoms. The molecule has 0 radical (unpaired) electrons. The molecular weight excluding hydrogens is 480 g/mol. The van der Waals surface area contributed by atoms with Crippen LogP contribution in [-0.2, 0) is 4.79 Å². The van der Waals surface area contributed by atoms with Crippen molar-refractivity contribution in [3.63, 3.8) is 0 Å². The van der Waals surface area contributed by atoms with Gasteiger partial charge in [-0.3, -0.25) is 14.5 Å². The molecule has 0 N–H and O–H groups in total. The third-order valence-electron chi connectivity index (χ3n) is 7.35. The molecule has 1 fully saturated rings. The van der Waals surface area contributed by atoms with Crippen molar-refractivity contribution in [1.29, 1.82) is 0 Å². The number of anilines is 2. The normalized spacial score (nSPS) is 14.0. The van der Waals surface area contributed by atoms with Gasteiger partial charge in [0.1, 0.15) is 6.54 Å². The topological polar surface area (TPSA) is 40.6 Å². The van der Waals surface area contributed by atoms with Crippen molar-refractivity contribution in [1.82, 2.24) is 0 Å². The van der Waals surface area contributed by atoms with Gasteiger partial charge in [-0.15, -0.1) is 0 Å². The molecule has 1 saturated carbocycles. The van der Waals surface area contributed by atoms with Crippen LogP contribution in [0.25, 0.3) is 0 Å². The van der Waals surface area contributed by atoms with E-state index in [9.17, 15) is 9.59 Å². The van der Waals surface area contributed by atoms with Crippen molar-refractivity contribution in [2.24, 2.45) is 0 Å². The Morgan fingerprint density at radius 2 is 1.49 bits per heavy atom. The molecule has 4 nitrogen and oxygen atoms in total. The summed E-state index contributed by atoms with van der Waals surface area (Å²) in [6.45, 7) is 8.18. The zero-order chi connectivity index (χ0) is 26.5. The van der Waals surface area contributed by atoms with Gasteiger partial charge in [-0.1, -0.05) is 74.5 Å². The highest BCUT2D eigenvalue weighted by atomic mass is 35.5. The highest BCUT2D eigenvalue weighted by molar-refractivity contribution is 6.30. The molecule has 0 aromatic heterocycles. The van der Waals surface area contributed by atoms with Crippen LogP contribution in [-0.4, -0.2) is 24.4 Å². The molecule has 1 aliphatic carbocycles. The second kappa shape index (κ2) is 12.0. The van der Waals surface area contributed by atoms with Gasteiger partial charge in [0.05, 0.1) is 0 Å². The van der Waals surface area contributed by atoms with Gasteiger partial charge in [0.25, 0.3) is 5.91 Å². The molecular formula is C32H37ClN2O2. The van der Waals surface area contributed by atoms with Crippen LogP contribution in [0.2, 0.25) is 5.02 Å².